The van der Waals surface area contributed by atoms with Crippen LogP contribution in [-0.4, -0.2) is 20.3 Å². The summed E-state index contributed by atoms with van der Waals surface area (Å²) in [4.78, 5) is 0. The summed E-state index contributed by atoms with van der Waals surface area (Å²) >= 11 is 6.14. The first-order chi connectivity index (χ1) is 7.29. The van der Waals surface area contributed by atoms with Crippen molar-refractivity contribution in [2.45, 2.75) is 19.4 Å². The average molecular weight is 228 g/mol. The van der Waals surface area contributed by atoms with Gasteiger partial charge in [-0.1, -0.05) is 36.7 Å². The molecule has 0 heterocycles. The highest BCUT2D eigenvalue weighted by Gasteiger charge is 2.12. The van der Waals surface area contributed by atoms with Crippen LogP contribution in [-0.2, 0) is 4.74 Å². The van der Waals surface area contributed by atoms with E-state index in [2.05, 4.69) is 12.2 Å². The summed E-state index contributed by atoms with van der Waals surface area (Å²) in [5.74, 6) is 0. The maximum Gasteiger partial charge on any atom is 0.0658 e. The summed E-state index contributed by atoms with van der Waals surface area (Å²) in [6.07, 6.45) is 1.10. The SMILES string of the molecule is CCCNC(COC)c1ccccc1Cl. The Kier molecular flexibility index (Phi) is 5.69. The zero-order chi connectivity index (χ0) is 11.1. The molecule has 1 unspecified atom stereocenters. The third-order valence-electron chi connectivity index (χ3n) is 2.25. The minimum absolute atomic E-state index is 0.184. The molecule has 15 heavy (non-hydrogen) atoms. The summed E-state index contributed by atoms with van der Waals surface area (Å²) in [6, 6.07) is 8.07. The zero-order valence-corrected chi connectivity index (χ0v) is 10.1. The Balaban J connectivity index is 2.74. The number of nitrogens with one attached hydrogen (secondary N) is 1. The molecule has 0 amide bonds. The number of rotatable bonds is 6. The Labute approximate surface area is 96.6 Å². The van der Waals surface area contributed by atoms with E-state index in [1.54, 1.807) is 7.11 Å². The summed E-state index contributed by atoms with van der Waals surface area (Å²) < 4.78 is 5.19. The molecule has 1 rings (SSSR count). The predicted octanol–water partition coefficient (Wildman–Crippen LogP) is 3.03. The second kappa shape index (κ2) is 6.83. The summed E-state index contributed by atoms with van der Waals surface area (Å²) in [7, 11) is 1.71. The van der Waals surface area contributed by atoms with Crippen molar-refractivity contribution in [3.63, 3.8) is 0 Å². The van der Waals surface area contributed by atoms with Gasteiger partial charge in [-0.3, -0.25) is 0 Å². The highest BCUT2D eigenvalue weighted by Crippen LogP contribution is 2.22. The fourth-order valence-electron chi connectivity index (χ4n) is 1.50. The summed E-state index contributed by atoms with van der Waals surface area (Å²) in [5.41, 5.74) is 1.11. The van der Waals surface area contributed by atoms with Crippen LogP contribution in [0.5, 0.6) is 0 Å². The molecule has 0 aliphatic rings. The van der Waals surface area contributed by atoms with Crippen molar-refractivity contribution >= 4 is 11.6 Å². The van der Waals surface area contributed by atoms with Crippen molar-refractivity contribution in [3.8, 4) is 0 Å². The van der Waals surface area contributed by atoms with E-state index in [4.69, 9.17) is 16.3 Å². The van der Waals surface area contributed by atoms with Gasteiger partial charge < -0.3 is 10.1 Å². The van der Waals surface area contributed by atoms with E-state index >= 15 is 0 Å². The van der Waals surface area contributed by atoms with Crippen molar-refractivity contribution in [1.29, 1.82) is 0 Å². The molecule has 0 aromatic heterocycles. The van der Waals surface area contributed by atoms with Crippen LogP contribution >= 0.6 is 11.6 Å². The Morgan fingerprint density at radius 3 is 2.73 bits per heavy atom. The molecule has 84 valence electrons. The molecule has 0 saturated heterocycles. The minimum Gasteiger partial charge on any atom is -0.383 e. The summed E-state index contributed by atoms with van der Waals surface area (Å²) in [5, 5.41) is 4.21. The van der Waals surface area contributed by atoms with E-state index in [0.717, 1.165) is 23.6 Å². The van der Waals surface area contributed by atoms with Crippen LogP contribution in [0.3, 0.4) is 0 Å². The lowest BCUT2D eigenvalue weighted by molar-refractivity contribution is 0.167. The van der Waals surface area contributed by atoms with Gasteiger partial charge in [0.05, 0.1) is 12.6 Å². The quantitative estimate of drug-likeness (QED) is 0.807. The van der Waals surface area contributed by atoms with Gasteiger partial charge in [-0.15, -0.1) is 0 Å². The first-order valence-corrected chi connectivity index (χ1v) is 5.64. The van der Waals surface area contributed by atoms with Gasteiger partial charge >= 0.3 is 0 Å². The van der Waals surface area contributed by atoms with Gasteiger partial charge in [0.25, 0.3) is 0 Å². The Bertz CT molecular complexity index is 291. The van der Waals surface area contributed by atoms with Gasteiger partial charge in [-0.05, 0) is 24.6 Å². The third-order valence-corrected chi connectivity index (χ3v) is 2.60. The van der Waals surface area contributed by atoms with Crippen LogP contribution in [0.1, 0.15) is 24.9 Å². The van der Waals surface area contributed by atoms with E-state index in [1.165, 1.54) is 0 Å². The van der Waals surface area contributed by atoms with Gasteiger partial charge in [0.15, 0.2) is 0 Å². The second-order valence-corrected chi connectivity index (χ2v) is 3.89. The molecule has 1 N–H and O–H groups in total. The van der Waals surface area contributed by atoms with Gasteiger partial charge in [-0.25, -0.2) is 0 Å². The molecular formula is C12H18ClNO. The molecule has 1 atom stereocenters. The van der Waals surface area contributed by atoms with Gasteiger partial charge in [0.1, 0.15) is 0 Å². The first-order valence-electron chi connectivity index (χ1n) is 5.26. The number of ether oxygens (including phenoxy) is 1. The normalized spacial score (nSPS) is 12.7. The maximum absolute atomic E-state index is 6.14. The Morgan fingerprint density at radius 2 is 2.13 bits per heavy atom. The third kappa shape index (κ3) is 3.82. The van der Waals surface area contributed by atoms with Crippen molar-refractivity contribution in [1.82, 2.24) is 5.32 Å². The highest BCUT2D eigenvalue weighted by molar-refractivity contribution is 6.31. The number of hydrogen-bond donors (Lipinski definition) is 1. The first kappa shape index (κ1) is 12.5. The molecule has 0 fully saturated rings. The van der Waals surface area contributed by atoms with Crippen LogP contribution in [0.4, 0.5) is 0 Å². The molecule has 0 aliphatic carbocycles. The molecule has 0 saturated carbocycles. The average Bonchev–Trinajstić information content (AvgIpc) is 2.25. The topological polar surface area (TPSA) is 21.3 Å². The molecule has 1 aromatic rings. The molecule has 1 aromatic carbocycles. The van der Waals surface area contributed by atoms with Crippen molar-refractivity contribution in [3.05, 3.63) is 34.9 Å². The van der Waals surface area contributed by atoms with Crippen LogP contribution in [0.2, 0.25) is 5.02 Å². The molecule has 0 aliphatic heterocycles. The Hall–Kier alpha value is -0.570. The summed E-state index contributed by atoms with van der Waals surface area (Å²) in [6.45, 7) is 3.76. The minimum atomic E-state index is 0.184. The van der Waals surface area contributed by atoms with E-state index in [9.17, 15) is 0 Å². The van der Waals surface area contributed by atoms with Gasteiger partial charge in [0.2, 0.25) is 0 Å². The lowest BCUT2D eigenvalue weighted by Crippen LogP contribution is -2.26. The maximum atomic E-state index is 6.14. The zero-order valence-electron chi connectivity index (χ0n) is 9.29. The molecule has 0 spiro atoms. The van der Waals surface area contributed by atoms with Crippen molar-refractivity contribution < 1.29 is 4.74 Å². The van der Waals surface area contributed by atoms with Crippen LogP contribution in [0.15, 0.2) is 24.3 Å². The molecule has 0 bridgehead atoms. The molecule has 3 heteroatoms. The van der Waals surface area contributed by atoms with Gasteiger partial charge in [-0.2, -0.15) is 0 Å². The van der Waals surface area contributed by atoms with E-state index in [-0.39, 0.29) is 6.04 Å². The fraction of sp³-hybridized carbons (Fsp3) is 0.500. The second-order valence-electron chi connectivity index (χ2n) is 3.48. The van der Waals surface area contributed by atoms with Crippen LogP contribution in [0.25, 0.3) is 0 Å². The lowest BCUT2D eigenvalue weighted by atomic mass is 10.1. The number of halogens is 1. The fourth-order valence-corrected chi connectivity index (χ4v) is 1.77. The predicted molar refractivity (Wildman–Crippen MR) is 64.4 cm³/mol. The highest BCUT2D eigenvalue weighted by atomic mass is 35.5. The van der Waals surface area contributed by atoms with Crippen molar-refractivity contribution in [2.75, 3.05) is 20.3 Å². The largest absolute Gasteiger partial charge is 0.383 e. The van der Waals surface area contributed by atoms with Crippen LogP contribution < -0.4 is 5.32 Å². The molecular weight excluding hydrogens is 210 g/mol. The van der Waals surface area contributed by atoms with Gasteiger partial charge in [0, 0.05) is 12.1 Å². The van der Waals surface area contributed by atoms with Crippen molar-refractivity contribution in [2.24, 2.45) is 0 Å². The van der Waals surface area contributed by atoms with E-state index < -0.39 is 0 Å². The lowest BCUT2D eigenvalue weighted by Gasteiger charge is -2.19. The number of methoxy groups -OCH3 is 1. The van der Waals surface area contributed by atoms with E-state index in [1.807, 2.05) is 24.3 Å². The molecule has 2 nitrogen and oxygen atoms in total. The molecule has 0 radical (unpaired) electrons. The standard InChI is InChI=1S/C12H18ClNO/c1-3-8-14-12(9-15-2)10-6-4-5-7-11(10)13/h4-7,12,14H,3,8-9H2,1-2H3. The Morgan fingerprint density at radius 1 is 1.40 bits per heavy atom. The smallest absolute Gasteiger partial charge is 0.0658 e. The number of benzene rings is 1. The number of hydrogen-bond acceptors (Lipinski definition) is 2. The van der Waals surface area contributed by atoms with E-state index in [0.29, 0.717) is 6.61 Å². The van der Waals surface area contributed by atoms with Crippen LogP contribution in [0, 0.1) is 0 Å². The monoisotopic (exact) mass is 227 g/mol.